The monoisotopic (exact) mass is 409 g/mol. The van der Waals surface area contributed by atoms with E-state index >= 15 is 0 Å². The molecule has 5 nitrogen and oxygen atoms in total. The smallest absolute Gasteiger partial charge is 0.345 e. The van der Waals surface area contributed by atoms with Crippen LogP contribution in [0.4, 0.5) is 5.69 Å². The third kappa shape index (κ3) is 3.45. The molecular formula is C11H8INO4S2. The Labute approximate surface area is 127 Å². The first-order chi connectivity index (χ1) is 8.88. The molecule has 2 aromatic rings. The third-order valence-electron chi connectivity index (χ3n) is 2.15. The van der Waals surface area contributed by atoms with Crippen LogP contribution in [0.2, 0.25) is 0 Å². The lowest BCUT2D eigenvalue weighted by Crippen LogP contribution is -2.11. The zero-order valence-electron chi connectivity index (χ0n) is 9.33. The highest BCUT2D eigenvalue weighted by atomic mass is 127. The number of nitrogens with one attached hydrogen (secondary N) is 1. The number of halogens is 1. The van der Waals surface area contributed by atoms with Gasteiger partial charge in [-0.1, -0.05) is 0 Å². The molecule has 0 fully saturated rings. The minimum Gasteiger partial charge on any atom is -0.477 e. The molecule has 0 aliphatic rings. The van der Waals surface area contributed by atoms with Gasteiger partial charge >= 0.3 is 5.97 Å². The van der Waals surface area contributed by atoms with Gasteiger partial charge in [-0.05, 0) is 59.0 Å². The Balaban J connectivity index is 2.26. The number of hydrogen-bond acceptors (Lipinski definition) is 4. The van der Waals surface area contributed by atoms with Crippen molar-refractivity contribution in [2.24, 2.45) is 0 Å². The highest BCUT2D eigenvalue weighted by Crippen LogP contribution is 2.24. The van der Waals surface area contributed by atoms with E-state index in [-0.39, 0.29) is 9.09 Å². The third-order valence-corrected chi connectivity index (χ3v) is 5.82. The molecule has 0 radical (unpaired) electrons. The minimum atomic E-state index is -3.74. The van der Waals surface area contributed by atoms with Crippen molar-refractivity contribution in [3.05, 3.63) is 44.8 Å². The van der Waals surface area contributed by atoms with Gasteiger partial charge in [-0.25, -0.2) is 13.2 Å². The van der Waals surface area contributed by atoms with Crippen LogP contribution in [-0.2, 0) is 10.0 Å². The molecule has 0 atom stereocenters. The van der Waals surface area contributed by atoms with Crippen molar-refractivity contribution in [2.75, 3.05) is 4.72 Å². The van der Waals surface area contributed by atoms with E-state index in [4.69, 9.17) is 5.11 Å². The number of sulfonamides is 1. The molecule has 2 rings (SSSR count). The maximum atomic E-state index is 12.0. The summed E-state index contributed by atoms with van der Waals surface area (Å²) in [7, 11) is -3.74. The van der Waals surface area contributed by atoms with Gasteiger partial charge in [-0.15, -0.1) is 11.3 Å². The number of anilines is 1. The summed E-state index contributed by atoms with van der Waals surface area (Å²) in [5.41, 5.74) is 0.436. The van der Waals surface area contributed by atoms with Crippen LogP contribution in [0.1, 0.15) is 9.67 Å². The van der Waals surface area contributed by atoms with Crippen molar-refractivity contribution in [3.63, 3.8) is 0 Å². The number of carbonyl (C=O) groups is 1. The molecule has 19 heavy (non-hydrogen) atoms. The number of aromatic carboxylic acids is 1. The average Bonchev–Trinajstić information content (AvgIpc) is 2.82. The van der Waals surface area contributed by atoms with Gasteiger partial charge in [0.1, 0.15) is 9.09 Å². The summed E-state index contributed by atoms with van der Waals surface area (Å²) < 4.78 is 27.4. The van der Waals surface area contributed by atoms with Gasteiger partial charge in [0, 0.05) is 9.26 Å². The Morgan fingerprint density at radius 3 is 2.32 bits per heavy atom. The van der Waals surface area contributed by atoms with Gasteiger partial charge in [-0.2, -0.15) is 0 Å². The second kappa shape index (κ2) is 5.47. The molecule has 1 heterocycles. The molecule has 1 aromatic heterocycles. The van der Waals surface area contributed by atoms with Crippen LogP contribution in [0.15, 0.2) is 40.6 Å². The van der Waals surface area contributed by atoms with Gasteiger partial charge < -0.3 is 5.11 Å². The van der Waals surface area contributed by atoms with Crippen molar-refractivity contribution in [1.29, 1.82) is 0 Å². The predicted molar refractivity (Wildman–Crippen MR) is 81.2 cm³/mol. The molecule has 0 amide bonds. The first kappa shape index (κ1) is 14.3. The summed E-state index contributed by atoms with van der Waals surface area (Å²) in [5, 5.41) is 8.78. The second-order valence-corrected chi connectivity index (χ2v) is 7.77. The first-order valence-electron chi connectivity index (χ1n) is 5.00. The van der Waals surface area contributed by atoms with E-state index in [0.717, 1.165) is 14.9 Å². The SMILES string of the molecule is O=C(O)c1ccc(S(=O)(=O)Nc2ccc(I)cc2)s1. The lowest BCUT2D eigenvalue weighted by molar-refractivity contribution is 0.0702. The fraction of sp³-hybridized carbons (Fsp3) is 0. The molecule has 0 saturated heterocycles. The first-order valence-corrected chi connectivity index (χ1v) is 8.38. The highest BCUT2D eigenvalue weighted by Gasteiger charge is 2.18. The van der Waals surface area contributed by atoms with Crippen LogP contribution in [0.25, 0.3) is 0 Å². The number of benzene rings is 1. The quantitative estimate of drug-likeness (QED) is 0.761. The zero-order valence-corrected chi connectivity index (χ0v) is 13.1. The van der Waals surface area contributed by atoms with E-state index in [1.54, 1.807) is 24.3 Å². The number of carboxylic acid groups (broad SMARTS) is 1. The van der Waals surface area contributed by atoms with Crippen LogP contribution in [-0.4, -0.2) is 19.5 Å². The van der Waals surface area contributed by atoms with Gasteiger partial charge in [0.2, 0.25) is 0 Å². The van der Waals surface area contributed by atoms with E-state index in [9.17, 15) is 13.2 Å². The molecule has 0 saturated carbocycles. The Bertz CT molecular complexity index is 707. The number of hydrogen-bond donors (Lipinski definition) is 2. The molecule has 0 unspecified atom stereocenters. The van der Waals surface area contributed by atoms with Gasteiger partial charge in [-0.3, -0.25) is 4.72 Å². The van der Waals surface area contributed by atoms with Crippen molar-refractivity contribution in [1.82, 2.24) is 0 Å². The van der Waals surface area contributed by atoms with Crippen molar-refractivity contribution in [2.45, 2.75) is 4.21 Å². The molecule has 0 aliphatic carbocycles. The summed E-state index contributed by atoms with van der Waals surface area (Å²) in [6, 6.07) is 9.39. The maximum absolute atomic E-state index is 12.0. The molecule has 1 aromatic carbocycles. The van der Waals surface area contributed by atoms with Crippen LogP contribution in [0, 0.1) is 3.57 Å². The van der Waals surface area contributed by atoms with Gasteiger partial charge in [0.25, 0.3) is 10.0 Å². The normalized spacial score (nSPS) is 11.2. The molecule has 8 heteroatoms. The largest absolute Gasteiger partial charge is 0.477 e. The van der Waals surface area contributed by atoms with Crippen LogP contribution in [0.3, 0.4) is 0 Å². The average molecular weight is 409 g/mol. The Hall–Kier alpha value is -1.13. The number of carboxylic acids is 1. The van der Waals surface area contributed by atoms with Crippen molar-refractivity contribution < 1.29 is 18.3 Å². The standard InChI is InChI=1S/C11H8INO4S2/c12-7-1-3-8(4-2-7)13-19(16,17)10-6-5-9(18-10)11(14)15/h1-6,13H,(H,14,15). The fourth-order valence-corrected chi connectivity index (χ4v) is 3.87. The molecule has 100 valence electrons. The molecule has 0 spiro atoms. The summed E-state index contributed by atoms with van der Waals surface area (Å²) >= 11 is 2.83. The van der Waals surface area contributed by atoms with E-state index in [2.05, 4.69) is 27.3 Å². The predicted octanol–water partition coefficient (Wildman–Crippen LogP) is 2.85. The van der Waals surface area contributed by atoms with Crippen LogP contribution in [0.5, 0.6) is 0 Å². The molecule has 0 aliphatic heterocycles. The van der Waals surface area contributed by atoms with Gasteiger partial charge in [0.05, 0.1) is 0 Å². The van der Waals surface area contributed by atoms with Crippen molar-refractivity contribution >= 4 is 55.6 Å². The van der Waals surface area contributed by atoms with Crippen LogP contribution < -0.4 is 4.72 Å². The van der Waals surface area contributed by atoms with E-state index in [1.807, 2.05) is 0 Å². The fourth-order valence-electron chi connectivity index (χ4n) is 1.30. The van der Waals surface area contributed by atoms with Crippen LogP contribution >= 0.6 is 33.9 Å². The highest BCUT2D eigenvalue weighted by molar-refractivity contribution is 14.1. The molecule has 0 bridgehead atoms. The maximum Gasteiger partial charge on any atom is 0.345 e. The van der Waals surface area contributed by atoms with Crippen molar-refractivity contribution in [3.8, 4) is 0 Å². The Kier molecular flexibility index (Phi) is 4.11. The molecular weight excluding hydrogens is 401 g/mol. The van der Waals surface area contributed by atoms with E-state index in [0.29, 0.717) is 5.69 Å². The second-order valence-electron chi connectivity index (χ2n) is 3.54. The lowest BCUT2D eigenvalue weighted by atomic mass is 10.3. The number of thiophene rings is 1. The lowest BCUT2D eigenvalue weighted by Gasteiger charge is -2.05. The van der Waals surface area contributed by atoms with E-state index < -0.39 is 16.0 Å². The Morgan fingerprint density at radius 2 is 1.79 bits per heavy atom. The zero-order chi connectivity index (χ0) is 14.0. The number of rotatable bonds is 4. The topological polar surface area (TPSA) is 83.5 Å². The van der Waals surface area contributed by atoms with Gasteiger partial charge in [0.15, 0.2) is 0 Å². The summed E-state index contributed by atoms with van der Waals surface area (Å²) in [6.07, 6.45) is 0. The minimum absolute atomic E-state index is 0.0111. The summed E-state index contributed by atoms with van der Waals surface area (Å²) in [6.45, 7) is 0. The summed E-state index contributed by atoms with van der Waals surface area (Å²) in [4.78, 5) is 10.7. The summed E-state index contributed by atoms with van der Waals surface area (Å²) in [5.74, 6) is -1.14. The Morgan fingerprint density at radius 1 is 1.16 bits per heavy atom. The van der Waals surface area contributed by atoms with E-state index in [1.165, 1.54) is 12.1 Å². The molecule has 2 N–H and O–H groups in total.